The minimum Gasteiger partial charge on any atom is -0.381 e. The van der Waals surface area contributed by atoms with Crippen LogP contribution in [-0.4, -0.2) is 26.9 Å². The van der Waals surface area contributed by atoms with Gasteiger partial charge in [0.05, 0.1) is 23.4 Å². The summed E-state index contributed by atoms with van der Waals surface area (Å²) in [6.45, 7) is 3.60. The molecular formula is C16H20O3S. The average Bonchev–Trinajstić information content (AvgIpc) is 3.12. The van der Waals surface area contributed by atoms with E-state index in [4.69, 9.17) is 4.74 Å². The van der Waals surface area contributed by atoms with Gasteiger partial charge in [0, 0.05) is 0 Å². The number of ether oxygens (including phenoxy) is 1. The lowest BCUT2D eigenvalue weighted by Gasteiger charge is -2.29. The maximum absolute atomic E-state index is 12.9. The van der Waals surface area contributed by atoms with Crippen molar-refractivity contribution < 1.29 is 13.2 Å². The summed E-state index contributed by atoms with van der Waals surface area (Å²) >= 11 is 0. The van der Waals surface area contributed by atoms with Gasteiger partial charge in [0.1, 0.15) is 0 Å². The molecule has 2 saturated carbocycles. The highest BCUT2D eigenvalue weighted by molar-refractivity contribution is 7.92. The van der Waals surface area contributed by atoms with E-state index in [1.54, 1.807) is 12.1 Å². The zero-order valence-corrected chi connectivity index (χ0v) is 12.5. The molecule has 0 amide bonds. The molecule has 3 nitrogen and oxygen atoms in total. The van der Waals surface area contributed by atoms with Gasteiger partial charge in [-0.2, -0.15) is 0 Å². The fraction of sp³-hybridized carbons (Fsp3) is 0.625. The summed E-state index contributed by atoms with van der Waals surface area (Å²) < 4.78 is 31.3. The quantitative estimate of drug-likeness (QED) is 0.841. The molecule has 0 spiro atoms. The number of hydrogen-bond donors (Lipinski definition) is 0. The van der Waals surface area contributed by atoms with Crippen molar-refractivity contribution in [2.45, 2.75) is 29.9 Å². The first-order valence-corrected chi connectivity index (χ1v) is 9.00. The molecule has 0 unspecified atom stereocenters. The molecule has 1 aliphatic heterocycles. The van der Waals surface area contributed by atoms with Crippen LogP contribution in [-0.2, 0) is 14.6 Å². The monoisotopic (exact) mass is 292 g/mol. The third-order valence-electron chi connectivity index (χ3n) is 5.66. The molecule has 2 bridgehead atoms. The molecule has 0 N–H and O–H groups in total. The molecule has 0 aromatic heterocycles. The summed E-state index contributed by atoms with van der Waals surface area (Å²) in [5, 5.41) is -0.182. The highest BCUT2D eigenvalue weighted by Gasteiger charge is 2.58. The molecule has 4 heteroatoms. The third kappa shape index (κ3) is 1.70. The van der Waals surface area contributed by atoms with Gasteiger partial charge in [-0.1, -0.05) is 17.7 Å². The highest BCUT2D eigenvalue weighted by Crippen LogP contribution is 2.57. The van der Waals surface area contributed by atoms with Crippen molar-refractivity contribution in [3.05, 3.63) is 29.8 Å². The van der Waals surface area contributed by atoms with Crippen molar-refractivity contribution in [3.63, 3.8) is 0 Å². The molecular weight excluding hydrogens is 272 g/mol. The highest BCUT2D eigenvalue weighted by atomic mass is 32.2. The maximum Gasteiger partial charge on any atom is 0.181 e. The normalized spacial score (nSPS) is 39.1. The first-order valence-electron chi connectivity index (χ1n) is 7.45. The fourth-order valence-electron chi connectivity index (χ4n) is 4.64. The van der Waals surface area contributed by atoms with Gasteiger partial charge < -0.3 is 4.74 Å². The third-order valence-corrected chi connectivity index (χ3v) is 7.93. The van der Waals surface area contributed by atoms with E-state index in [-0.39, 0.29) is 5.25 Å². The molecule has 1 aromatic carbocycles. The number of hydrogen-bond acceptors (Lipinski definition) is 3. The second kappa shape index (κ2) is 4.31. The molecule has 1 saturated heterocycles. The molecule has 0 radical (unpaired) electrons. The zero-order valence-electron chi connectivity index (χ0n) is 11.7. The Morgan fingerprint density at radius 3 is 2.45 bits per heavy atom. The van der Waals surface area contributed by atoms with Crippen molar-refractivity contribution in [2.24, 2.45) is 23.7 Å². The molecule has 20 heavy (non-hydrogen) atoms. The Hall–Kier alpha value is -0.870. The van der Waals surface area contributed by atoms with E-state index in [1.165, 1.54) is 0 Å². The topological polar surface area (TPSA) is 43.4 Å². The van der Waals surface area contributed by atoms with E-state index >= 15 is 0 Å². The van der Waals surface area contributed by atoms with Gasteiger partial charge >= 0.3 is 0 Å². The van der Waals surface area contributed by atoms with Gasteiger partial charge in [-0.25, -0.2) is 8.42 Å². The summed E-state index contributed by atoms with van der Waals surface area (Å²) in [5.41, 5.74) is 1.10. The summed E-state index contributed by atoms with van der Waals surface area (Å²) in [6, 6.07) is 7.31. The molecule has 2 aliphatic carbocycles. The zero-order chi connectivity index (χ0) is 13.9. The van der Waals surface area contributed by atoms with Crippen molar-refractivity contribution in [1.82, 2.24) is 0 Å². The van der Waals surface area contributed by atoms with Crippen LogP contribution in [0.4, 0.5) is 0 Å². The summed E-state index contributed by atoms with van der Waals surface area (Å²) in [5.74, 6) is 2.00. The van der Waals surface area contributed by atoms with E-state index in [2.05, 4.69) is 0 Å². The van der Waals surface area contributed by atoms with E-state index < -0.39 is 9.84 Å². The average molecular weight is 292 g/mol. The number of sulfone groups is 1. The number of fused-ring (bicyclic) bond motifs is 5. The number of benzene rings is 1. The lowest BCUT2D eigenvalue weighted by Crippen LogP contribution is -2.35. The van der Waals surface area contributed by atoms with Gasteiger partial charge in [-0.15, -0.1) is 0 Å². The Balaban J connectivity index is 1.66. The van der Waals surface area contributed by atoms with Gasteiger partial charge in [-0.3, -0.25) is 0 Å². The summed E-state index contributed by atoms with van der Waals surface area (Å²) in [6.07, 6.45) is 1.93. The smallest absolute Gasteiger partial charge is 0.181 e. The Labute approximate surface area is 120 Å². The van der Waals surface area contributed by atoms with Gasteiger partial charge in [0.2, 0.25) is 0 Å². The first-order chi connectivity index (χ1) is 9.57. The molecule has 5 atom stereocenters. The van der Waals surface area contributed by atoms with E-state index in [1.807, 2.05) is 19.1 Å². The second-order valence-electron chi connectivity index (χ2n) is 6.66. The van der Waals surface area contributed by atoms with Crippen LogP contribution in [0.1, 0.15) is 18.4 Å². The maximum atomic E-state index is 12.9. The summed E-state index contributed by atoms with van der Waals surface area (Å²) in [4.78, 5) is 0.496. The Morgan fingerprint density at radius 1 is 1.00 bits per heavy atom. The van der Waals surface area contributed by atoms with Crippen LogP contribution in [0.3, 0.4) is 0 Å². The molecule has 3 fully saturated rings. The molecule has 1 aromatic rings. The van der Waals surface area contributed by atoms with Gasteiger partial charge in [0.15, 0.2) is 9.84 Å². The van der Waals surface area contributed by atoms with Gasteiger partial charge in [0.25, 0.3) is 0 Å². The van der Waals surface area contributed by atoms with Crippen LogP contribution in [0.15, 0.2) is 29.2 Å². The van der Waals surface area contributed by atoms with Crippen LogP contribution < -0.4 is 0 Å². The van der Waals surface area contributed by atoms with Crippen LogP contribution in [0.25, 0.3) is 0 Å². The predicted octanol–water partition coefficient (Wildman–Crippen LogP) is 2.44. The van der Waals surface area contributed by atoms with Crippen molar-refractivity contribution in [3.8, 4) is 0 Å². The van der Waals surface area contributed by atoms with E-state index in [0.717, 1.165) is 31.6 Å². The largest absolute Gasteiger partial charge is 0.381 e. The van der Waals surface area contributed by atoms with E-state index in [0.29, 0.717) is 28.6 Å². The Kier molecular flexibility index (Phi) is 2.77. The fourth-order valence-corrected chi connectivity index (χ4v) is 6.78. The van der Waals surface area contributed by atoms with Gasteiger partial charge in [-0.05, 0) is 55.6 Å². The number of rotatable bonds is 2. The molecule has 1 heterocycles. The number of aryl methyl sites for hydroxylation is 1. The Morgan fingerprint density at radius 2 is 1.70 bits per heavy atom. The Bertz CT molecular complexity index is 620. The first kappa shape index (κ1) is 12.8. The van der Waals surface area contributed by atoms with Crippen LogP contribution >= 0.6 is 0 Å². The van der Waals surface area contributed by atoms with Crippen LogP contribution in [0, 0.1) is 30.6 Å². The van der Waals surface area contributed by atoms with Crippen molar-refractivity contribution in [2.75, 3.05) is 13.2 Å². The predicted molar refractivity (Wildman–Crippen MR) is 76.2 cm³/mol. The van der Waals surface area contributed by atoms with Crippen LogP contribution in [0.5, 0.6) is 0 Å². The molecule has 3 aliphatic rings. The summed E-state index contributed by atoms with van der Waals surface area (Å²) in [7, 11) is -3.18. The lowest BCUT2D eigenvalue weighted by atomic mass is 9.81. The van der Waals surface area contributed by atoms with Crippen LogP contribution in [0.2, 0.25) is 0 Å². The minimum absolute atomic E-state index is 0.182. The second-order valence-corrected chi connectivity index (χ2v) is 8.82. The van der Waals surface area contributed by atoms with E-state index in [9.17, 15) is 8.42 Å². The minimum atomic E-state index is -3.18. The van der Waals surface area contributed by atoms with Crippen molar-refractivity contribution in [1.29, 1.82) is 0 Å². The molecule has 108 valence electrons. The SMILES string of the molecule is Cc1ccc(S(=O)(=O)[C@@H]2C[C@@H]3C[C@@H]2[C@H]2COC[C@H]32)cc1. The molecule has 4 rings (SSSR count). The standard InChI is InChI=1S/C16H20O3S/c1-10-2-4-12(5-3-10)20(17,18)16-7-11-6-13(16)15-9-19-8-14(11)15/h2-5,11,13-16H,6-9H2,1H3/t11-,13+,14+,15+,16+/m0/s1. The van der Waals surface area contributed by atoms with Crippen molar-refractivity contribution >= 4 is 9.84 Å². The lowest BCUT2D eigenvalue weighted by molar-refractivity contribution is 0.164.